The van der Waals surface area contributed by atoms with Gasteiger partial charge in [0.05, 0.1) is 36.2 Å². The van der Waals surface area contributed by atoms with Gasteiger partial charge in [0.2, 0.25) is 11.6 Å². The molecule has 1 aliphatic carbocycles. The SMILES string of the molecule is [C-]#[N+]c1cc(F)c(C[C@H]2CCC[C@@H](CC(=O)N3CCOCC3)C2)nc1-c1c[nH]c2ncc(Cl)cc12. The number of carbonyl (C=O) groups excluding carboxylic acids is 1. The van der Waals surface area contributed by atoms with Crippen LogP contribution in [0.15, 0.2) is 24.5 Å². The van der Waals surface area contributed by atoms with E-state index in [0.29, 0.717) is 72.7 Å². The van der Waals surface area contributed by atoms with E-state index in [9.17, 15) is 4.79 Å². The fourth-order valence-electron chi connectivity index (χ4n) is 5.35. The van der Waals surface area contributed by atoms with Crippen LogP contribution in [0.25, 0.3) is 27.1 Å². The summed E-state index contributed by atoms with van der Waals surface area (Å²) in [4.78, 5) is 30.1. The number of aromatic nitrogens is 3. The highest BCUT2D eigenvalue weighted by atomic mass is 35.5. The van der Waals surface area contributed by atoms with Gasteiger partial charge in [-0.15, -0.1) is 0 Å². The predicted molar refractivity (Wildman–Crippen MR) is 132 cm³/mol. The van der Waals surface area contributed by atoms with Gasteiger partial charge in [0.15, 0.2) is 0 Å². The summed E-state index contributed by atoms with van der Waals surface area (Å²) in [7, 11) is 0. The Bertz CT molecular complexity index is 1280. The number of H-pyrrole nitrogens is 1. The van der Waals surface area contributed by atoms with Gasteiger partial charge in [0.25, 0.3) is 0 Å². The van der Waals surface area contributed by atoms with E-state index in [0.717, 1.165) is 31.1 Å². The molecule has 1 aliphatic heterocycles. The summed E-state index contributed by atoms with van der Waals surface area (Å²) < 4.78 is 20.4. The van der Waals surface area contributed by atoms with Crippen molar-refractivity contribution in [2.24, 2.45) is 11.8 Å². The minimum Gasteiger partial charge on any atom is -0.378 e. The smallest absolute Gasteiger partial charge is 0.223 e. The number of morpholine rings is 1. The molecular weight excluding hydrogens is 469 g/mol. The van der Waals surface area contributed by atoms with Gasteiger partial charge in [-0.2, -0.15) is 0 Å². The van der Waals surface area contributed by atoms with Crippen LogP contribution in [0.2, 0.25) is 5.02 Å². The maximum Gasteiger partial charge on any atom is 0.223 e. The van der Waals surface area contributed by atoms with Crippen LogP contribution in [-0.2, 0) is 16.0 Å². The van der Waals surface area contributed by atoms with Crippen LogP contribution in [-0.4, -0.2) is 52.1 Å². The number of ether oxygens (including phenoxy) is 1. The Balaban J connectivity index is 1.35. The summed E-state index contributed by atoms with van der Waals surface area (Å²) >= 11 is 6.14. The Labute approximate surface area is 208 Å². The Kier molecular flexibility index (Phi) is 6.98. The first-order valence-electron chi connectivity index (χ1n) is 12.1. The maximum atomic E-state index is 15.0. The molecule has 182 valence electrons. The number of fused-ring (bicyclic) bond motifs is 1. The largest absolute Gasteiger partial charge is 0.378 e. The molecule has 0 radical (unpaired) electrons. The Morgan fingerprint density at radius 2 is 2.09 bits per heavy atom. The second kappa shape index (κ2) is 10.3. The summed E-state index contributed by atoms with van der Waals surface area (Å²) in [6.45, 7) is 10.1. The average molecular weight is 496 g/mol. The standard InChI is InChI=1S/C26H27ClFN5O2/c1-29-23-13-21(28)22(32-25(23)20-15-31-26-19(20)12-18(27)14-30-26)10-16-3-2-4-17(9-16)11-24(34)33-5-7-35-8-6-33/h12-17H,2-11H2,(H,30,31)/t16-,17+/m0/s1. The molecule has 0 spiro atoms. The van der Waals surface area contributed by atoms with Gasteiger partial charge in [-0.05, 0) is 43.2 Å². The lowest BCUT2D eigenvalue weighted by atomic mass is 9.77. The van der Waals surface area contributed by atoms with Crippen LogP contribution >= 0.6 is 11.6 Å². The molecular formula is C26H27ClFN5O2. The number of aromatic amines is 1. The molecule has 2 aliphatic rings. The fraction of sp³-hybridized carbons (Fsp3) is 0.462. The molecule has 1 amide bonds. The van der Waals surface area contributed by atoms with Crippen LogP contribution in [0.1, 0.15) is 37.8 Å². The maximum absolute atomic E-state index is 15.0. The molecule has 5 rings (SSSR count). The van der Waals surface area contributed by atoms with Gasteiger partial charge in [-0.1, -0.05) is 24.4 Å². The number of nitrogens with zero attached hydrogens (tertiary/aromatic N) is 4. The molecule has 3 aromatic rings. The second-order valence-electron chi connectivity index (χ2n) is 9.45. The van der Waals surface area contributed by atoms with Crippen molar-refractivity contribution in [3.63, 3.8) is 0 Å². The number of hydrogen-bond donors (Lipinski definition) is 1. The summed E-state index contributed by atoms with van der Waals surface area (Å²) in [6, 6.07) is 3.05. The normalized spacial score (nSPS) is 20.7. The molecule has 1 saturated carbocycles. The van der Waals surface area contributed by atoms with E-state index in [2.05, 4.69) is 19.8 Å². The van der Waals surface area contributed by atoms with Gasteiger partial charge in [0.1, 0.15) is 11.5 Å². The minimum atomic E-state index is -0.456. The molecule has 1 saturated heterocycles. The molecule has 0 unspecified atom stereocenters. The highest BCUT2D eigenvalue weighted by molar-refractivity contribution is 6.31. The molecule has 0 aromatic carbocycles. The highest BCUT2D eigenvalue weighted by Gasteiger charge is 2.28. The number of hydrogen-bond acceptors (Lipinski definition) is 4. The number of nitrogens with one attached hydrogen (secondary N) is 1. The van der Waals surface area contributed by atoms with Gasteiger partial charge in [-0.3, -0.25) is 9.78 Å². The quantitative estimate of drug-likeness (QED) is 0.470. The average Bonchev–Trinajstić information content (AvgIpc) is 3.28. The van der Waals surface area contributed by atoms with Gasteiger partial charge in [0, 0.05) is 42.9 Å². The first-order chi connectivity index (χ1) is 17.0. The Morgan fingerprint density at radius 3 is 2.89 bits per heavy atom. The van der Waals surface area contributed by atoms with E-state index >= 15 is 4.39 Å². The third kappa shape index (κ3) is 5.16. The molecule has 4 heterocycles. The fourth-order valence-corrected chi connectivity index (χ4v) is 5.51. The summed E-state index contributed by atoms with van der Waals surface area (Å²) in [5, 5.41) is 1.22. The van der Waals surface area contributed by atoms with E-state index in [1.807, 2.05) is 4.90 Å². The van der Waals surface area contributed by atoms with Crippen molar-refractivity contribution in [3.8, 4) is 11.3 Å². The summed E-state index contributed by atoms with van der Waals surface area (Å²) in [5.74, 6) is 0.288. The van der Waals surface area contributed by atoms with Crippen LogP contribution in [0.5, 0.6) is 0 Å². The number of pyridine rings is 2. The number of carbonyl (C=O) groups is 1. The van der Waals surface area contributed by atoms with Crippen LogP contribution in [0.4, 0.5) is 10.1 Å². The molecule has 9 heteroatoms. The number of amides is 1. The van der Waals surface area contributed by atoms with Crippen molar-refractivity contribution in [1.29, 1.82) is 0 Å². The molecule has 35 heavy (non-hydrogen) atoms. The molecule has 3 aromatic heterocycles. The monoisotopic (exact) mass is 495 g/mol. The number of halogens is 2. The van der Waals surface area contributed by atoms with E-state index in [-0.39, 0.29) is 17.5 Å². The summed E-state index contributed by atoms with van der Waals surface area (Å²) in [5.41, 5.74) is 2.26. The Hall–Kier alpha value is -3.02. The van der Waals surface area contributed by atoms with E-state index < -0.39 is 5.82 Å². The van der Waals surface area contributed by atoms with Crippen molar-refractivity contribution in [3.05, 3.63) is 52.5 Å². The third-order valence-corrected chi connectivity index (χ3v) is 7.31. The lowest BCUT2D eigenvalue weighted by Gasteiger charge is -2.32. The van der Waals surface area contributed by atoms with Crippen molar-refractivity contribution in [2.45, 2.75) is 38.5 Å². The van der Waals surface area contributed by atoms with Crippen molar-refractivity contribution in [1.82, 2.24) is 19.9 Å². The van der Waals surface area contributed by atoms with Crippen LogP contribution in [0, 0.1) is 24.2 Å². The second-order valence-corrected chi connectivity index (χ2v) is 9.88. The lowest BCUT2D eigenvalue weighted by Crippen LogP contribution is -2.41. The van der Waals surface area contributed by atoms with Gasteiger partial charge >= 0.3 is 0 Å². The lowest BCUT2D eigenvalue weighted by molar-refractivity contribution is -0.136. The first-order valence-corrected chi connectivity index (χ1v) is 12.4. The van der Waals surface area contributed by atoms with Gasteiger partial charge in [-0.25, -0.2) is 14.2 Å². The topological polar surface area (TPSA) is 75.5 Å². The van der Waals surface area contributed by atoms with Crippen LogP contribution < -0.4 is 0 Å². The van der Waals surface area contributed by atoms with Crippen molar-refractivity contribution >= 4 is 34.2 Å². The zero-order valence-corrected chi connectivity index (χ0v) is 20.2. The molecule has 7 nitrogen and oxygen atoms in total. The van der Waals surface area contributed by atoms with Crippen LogP contribution in [0.3, 0.4) is 0 Å². The number of rotatable bonds is 5. The zero-order valence-electron chi connectivity index (χ0n) is 19.4. The highest BCUT2D eigenvalue weighted by Crippen LogP contribution is 2.38. The first kappa shape index (κ1) is 23.7. The van der Waals surface area contributed by atoms with E-state index in [1.165, 1.54) is 6.07 Å². The van der Waals surface area contributed by atoms with Crippen molar-refractivity contribution in [2.75, 3.05) is 26.3 Å². The molecule has 2 fully saturated rings. The van der Waals surface area contributed by atoms with Crippen molar-refractivity contribution < 1.29 is 13.9 Å². The Morgan fingerprint density at radius 1 is 1.29 bits per heavy atom. The van der Waals surface area contributed by atoms with Gasteiger partial charge < -0.3 is 14.6 Å². The zero-order chi connectivity index (χ0) is 24.4. The third-order valence-electron chi connectivity index (χ3n) is 7.10. The van der Waals surface area contributed by atoms with E-state index in [4.69, 9.17) is 22.9 Å². The predicted octanol–water partition coefficient (Wildman–Crippen LogP) is 5.57. The molecule has 2 atom stereocenters. The minimum absolute atomic E-state index is 0.157. The molecule has 0 bridgehead atoms. The van der Waals surface area contributed by atoms with E-state index in [1.54, 1.807) is 18.5 Å². The summed E-state index contributed by atoms with van der Waals surface area (Å²) in [6.07, 6.45) is 8.21. The molecule has 1 N–H and O–H groups in total.